The van der Waals surface area contributed by atoms with Gasteiger partial charge in [-0.15, -0.1) is 0 Å². The molecule has 118 valence electrons. The molecule has 0 atom stereocenters. The summed E-state index contributed by atoms with van der Waals surface area (Å²) in [7, 11) is -3.78. The van der Waals surface area contributed by atoms with E-state index < -0.39 is 15.9 Å². The number of hydrogen-bond acceptors (Lipinski definition) is 4. The molecule has 2 aromatic carbocycles. The second kappa shape index (κ2) is 7.54. The summed E-state index contributed by atoms with van der Waals surface area (Å²) in [6, 6.07) is 16.7. The van der Waals surface area contributed by atoms with Crippen molar-refractivity contribution >= 4 is 15.9 Å². The molecule has 0 radical (unpaired) electrons. The van der Waals surface area contributed by atoms with E-state index in [1.165, 1.54) is 24.3 Å². The molecule has 0 spiro atoms. The fraction of sp³-hybridized carbons (Fsp3) is 0.125. The fourth-order valence-electron chi connectivity index (χ4n) is 1.81. The molecule has 0 aliphatic carbocycles. The van der Waals surface area contributed by atoms with E-state index in [1.54, 1.807) is 0 Å². The van der Waals surface area contributed by atoms with Crippen molar-refractivity contribution in [3.8, 4) is 6.07 Å². The molecular formula is C16H15N3O3S. The highest BCUT2D eigenvalue weighted by atomic mass is 32.2. The van der Waals surface area contributed by atoms with Gasteiger partial charge in [0.25, 0.3) is 0 Å². The van der Waals surface area contributed by atoms with Crippen LogP contribution in [0.15, 0.2) is 59.5 Å². The minimum absolute atomic E-state index is 0.00681. The lowest BCUT2D eigenvalue weighted by Gasteiger charge is -2.08. The fourth-order valence-corrected chi connectivity index (χ4v) is 2.79. The number of sulfonamides is 1. The first-order chi connectivity index (χ1) is 11.0. The number of rotatable bonds is 6. The van der Waals surface area contributed by atoms with Crippen LogP contribution in [0.5, 0.6) is 0 Å². The van der Waals surface area contributed by atoms with Gasteiger partial charge in [0, 0.05) is 6.54 Å². The molecule has 1 amide bonds. The number of benzene rings is 2. The van der Waals surface area contributed by atoms with E-state index in [2.05, 4.69) is 10.0 Å². The van der Waals surface area contributed by atoms with Crippen molar-refractivity contribution in [2.75, 3.05) is 6.54 Å². The van der Waals surface area contributed by atoms with Gasteiger partial charge in [0.1, 0.15) is 0 Å². The van der Waals surface area contributed by atoms with Gasteiger partial charge in [-0.25, -0.2) is 13.1 Å². The summed E-state index contributed by atoms with van der Waals surface area (Å²) in [5.74, 6) is -0.425. The first kappa shape index (κ1) is 16.7. The third-order valence-electron chi connectivity index (χ3n) is 3.05. The van der Waals surface area contributed by atoms with Crippen LogP contribution in [0.3, 0.4) is 0 Å². The van der Waals surface area contributed by atoms with Crippen molar-refractivity contribution in [3.63, 3.8) is 0 Å². The molecule has 0 fully saturated rings. The molecule has 0 heterocycles. The number of carbonyl (C=O) groups excluding carboxylic acids is 1. The van der Waals surface area contributed by atoms with E-state index in [0.717, 1.165) is 5.56 Å². The number of hydrogen-bond donors (Lipinski definition) is 2. The van der Waals surface area contributed by atoms with Gasteiger partial charge in [0.05, 0.1) is 23.1 Å². The van der Waals surface area contributed by atoms with Gasteiger partial charge in [-0.2, -0.15) is 5.26 Å². The molecule has 0 unspecified atom stereocenters. The molecule has 0 saturated heterocycles. The summed E-state index contributed by atoms with van der Waals surface area (Å²) in [6.07, 6.45) is 0. The SMILES string of the molecule is N#Cc1ccc(S(=O)(=O)NCC(=O)NCc2ccccc2)cc1. The zero-order chi connectivity index (χ0) is 16.7. The summed E-state index contributed by atoms with van der Waals surface area (Å²) in [4.78, 5) is 11.7. The summed E-state index contributed by atoms with van der Waals surface area (Å²) in [5.41, 5.74) is 1.29. The van der Waals surface area contributed by atoms with Crippen molar-refractivity contribution < 1.29 is 13.2 Å². The van der Waals surface area contributed by atoms with E-state index in [4.69, 9.17) is 5.26 Å². The molecule has 23 heavy (non-hydrogen) atoms. The van der Waals surface area contributed by atoms with Crippen LogP contribution in [-0.4, -0.2) is 20.9 Å². The van der Waals surface area contributed by atoms with E-state index >= 15 is 0 Å². The minimum Gasteiger partial charge on any atom is -0.351 e. The highest BCUT2D eigenvalue weighted by molar-refractivity contribution is 7.89. The molecule has 2 aromatic rings. The van der Waals surface area contributed by atoms with Gasteiger partial charge < -0.3 is 5.32 Å². The Morgan fingerprint density at radius 1 is 1.04 bits per heavy atom. The summed E-state index contributed by atoms with van der Waals surface area (Å²) in [5, 5.41) is 11.3. The lowest BCUT2D eigenvalue weighted by atomic mass is 10.2. The normalized spacial score (nSPS) is 10.7. The molecule has 2 rings (SSSR count). The van der Waals surface area contributed by atoms with E-state index in [0.29, 0.717) is 12.1 Å². The number of amides is 1. The summed E-state index contributed by atoms with van der Waals surface area (Å²) in [6.45, 7) is -0.0204. The summed E-state index contributed by atoms with van der Waals surface area (Å²) >= 11 is 0. The van der Waals surface area contributed by atoms with Crippen molar-refractivity contribution in [1.82, 2.24) is 10.0 Å². The van der Waals surface area contributed by atoms with E-state index in [1.807, 2.05) is 36.4 Å². The minimum atomic E-state index is -3.78. The largest absolute Gasteiger partial charge is 0.351 e. The van der Waals surface area contributed by atoms with Gasteiger partial charge in [0.2, 0.25) is 15.9 Å². The van der Waals surface area contributed by atoms with E-state index in [9.17, 15) is 13.2 Å². The molecular weight excluding hydrogens is 314 g/mol. The topological polar surface area (TPSA) is 99.1 Å². The third-order valence-corrected chi connectivity index (χ3v) is 4.47. The molecule has 0 aliphatic rings. The van der Waals surface area contributed by atoms with Crippen LogP contribution in [0.25, 0.3) is 0 Å². The van der Waals surface area contributed by atoms with Crippen molar-refractivity contribution in [3.05, 3.63) is 65.7 Å². The molecule has 7 heteroatoms. The summed E-state index contributed by atoms with van der Waals surface area (Å²) < 4.78 is 26.3. The van der Waals surface area contributed by atoms with E-state index in [-0.39, 0.29) is 11.4 Å². The average Bonchev–Trinajstić information content (AvgIpc) is 2.59. The molecule has 6 nitrogen and oxygen atoms in total. The second-order valence-electron chi connectivity index (χ2n) is 4.72. The van der Waals surface area contributed by atoms with Crippen LogP contribution in [0.4, 0.5) is 0 Å². The zero-order valence-corrected chi connectivity index (χ0v) is 13.0. The maximum Gasteiger partial charge on any atom is 0.241 e. The van der Waals surface area contributed by atoms with Gasteiger partial charge >= 0.3 is 0 Å². The van der Waals surface area contributed by atoms with Crippen LogP contribution >= 0.6 is 0 Å². The zero-order valence-electron chi connectivity index (χ0n) is 12.2. The Hall–Kier alpha value is -2.69. The lowest BCUT2D eigenvalue weighted by Crippen LogP contribution is -2.36. The van der Waals surface area contributed by atoms with Gasteiger partial charge in [-0.3, -0.25) is 4.79 Å². The number of nitrogens with zero attached hydrogens (tertiary/aromatic N) is 1. The van der Waals surface area contributed by atoms with Crippen LogP contribution in [0.2, 0.25) is 0 Å². The quantitative estimate of drug-likeness (QED) is 0.830. The first-order valence-corrected chi connectivity index (χ1v) is 8.30. The lowest BCUT2D eigenvalue weighted by molar-refractivity contribution is -0.120. The first-order valence-electron chi connectivity index (χ1n) is 6.82. The Labute approximate surface area is 134 Å². The van der Waals surface area contributed by atoms with Crippen molar-refractivity contribution in [2.45, 2.75) is 11.4 Å². The third kappa shape index (κ3) is 4.92. The van der Waals surface area contributed by atoms with Gasteiger partial charge in [-0.05, 0) is 29.8 Å². The number of carbonyl (C=O) groups is 1. The Kier molecular flexibility index (Phi) is 5.46. The molecule has 0 saturated carbocycles. The molecule has 0 aliphatic heterocycles. The monoisotopic (exact) mass is 329 g/mol. The van der Waals surface area contributed by atoms with Crippen LogP contribution in [0, 0.1) is 11.3 Å². The van der Waals surface area contributed by atoms with Crippen LogP contribution in [0.1, 0.15) is 11.1 Å². The van der Waals surface area contributed by atoms with Gasteiger partial charge in [-0.1, -0.05) is 30.3 Å². The molecule has 0 bridgehead atoms. The van der Waals surface area contributed by atoms with Crippen LogP contribution < -0.4 is 10.0 Å². The maximum atomic E-state index is 12.0. The second-order valence-corrected chi connectivity index (χ2v) is 6.49. The Balaban J connectivity index is 1.88. The van der Waals surface area contributed by atoms with Crippen LogP contribution in [-0.2, 0) is 21.4 Å². The predicted octanol–water partition coefficient (Wildman–Crippen LogP) is 1.15. The maximum absolute atomic E-state index is 12.0. The average molecular weight is 329 g/mol. The Bertz CT molecular complexity index is 810. The highest BCUT2D eigenvalue weighted by Gasteiger charge is 2.15. The smallest absolute Gasteiger partial charge is 0.241 e. The predicted molar refractivity (Wildman–Crippen MR) is 84.6 cm³/mol. The Morgan fingerprint density at radius 3 is 2.30 bits per heavy atom. The molecule has 0 aromatic heterocycles. The Morgan fingerprint density at radius 2 is 1.70 bits per heavy atom. The van der Waals surface area contributed by atoms with Crippen molar-refractivity contribution in [1.29, 1.82) is 5.26 Å². The number of nitrogens with one attached hydrogen (secondary N) is 2. The van der Waals surface area contributed by atoms with Gasteiger partial charge in [0.15, 0.2) is 0 Å². The number of nitriles is 1. The molecule has 2 N–H and O–H groups in total. The highest BCUT2D eigenvalue weighted by Crippen LogP contribution is 2.09. The van der Waals surface area contributed by atoms with Crippen molar-refractivity contribution in [2.24, 2.45) is 0 Å². The standard InChI is InChI=1S/C16H15N3O3S/c17-10-13-6-8-15(9-7-13)23(21,22)19-12-16(20)18-11-14-4-2-1-3-5-14/h1-9,19H,11-12H2,(H,18,20).